The normalized spacial score (nSPS) is 10.3. The number of nitrogens with one attached hydrogen (secondary N) is 1. The van der Waals surface area contributed by atoms with Crippen molar-refractivity contribution < 1.29 is 9.53 Å². The Morgan fingerprint density at radius 3 is 2.31 bits per heavy atom. The second kappa shape index (κ2) is 8.86. The van der Waals surface area contributed by atoms with Gasteiger partial charge in [0.25, 0.3) is 0 Å². The van der Waals surface area contributed by atoms with Crippen LogP contribution in [-0.2, 0) is 17.6 Å². The number of ether oxygens (including phenoxy) is 1. The molecular weight excluding hydrogens is 322 g/mol. The highest BCUT2D eigenvalue weighted by Crippen LogP contribution is 2.17. The Hall–Kier alpha value is -3.07. The van der Waals surface area contributed by atoms with E-state index < -0.39 is 0 Å². The van der Waals surface area contributed by atoms with Crippen LogP contribution in [0.4, 0.5) is 5.69 Å². The zero-order chi connectivity index (χ0) is 18.2. The van der Waals surface area contributed by atoms with E-state index in [1.54, 1.807) is 0 Å². The number of carbonyl (C=O) groups excluding carboxylic acids is 1. The summed E-state index contributed by atoms with van der Waals surface area (Å²) in [5.74, 6) is 0.787. The first-order chi connectivity index (χ1) is 12.7. The van der Waals surface area contributed by atoms with Crippen molar-refractivity contribution in [3.05, 3.63) is 95.6 Å². The third-order valence-corrected chi connectivity index (χ3v) is 4.25. The number of benzene rings is 3. The first-order valence-electron chi connectivity index (χ1n) is 8.82. The molecule has 0 fully saturated rings. The van der Waals surface area contributed by atoms with Crippen molar-refractivity contribution in [2.45, 2.75) is 19.8 Å². The fourth-order valence-electron chi connectivity index (χ4n) is 2.75. The van der Waals surface area contributed by atoms with E-state index in [4.69, 9.17) is 4.74 Å². The summed E-state index contributed by atoms with van der Waals surface area (Å²) in [5, 5.41) is 2.93. The zero-order valence-electron chi connectivity index (χ0n) is 14.9. The Kier molecular flexibility index (Phi) is 6.05. The number of anilines is 1. The standard InChI is InChI=1S/C23H23NO2/c1-18-7-5-6-10-20(18)17-23(25)24-21-11-13-22(14-12-21)26-16-15-19-8-3-2-4-9-19/h2-14H,15-17H2,1H3,(H,24,25). The van der Waals surface area contributed by atoms with E-state index in [1.807, 2.05) is 73.7 Å². The first kappa shape index (κ1) is 17.7. The Balaban J connectivity index is 1.48. The third kappa shape index (κ3) is 5.21. The lowest BCUT2D eigenvalue weighted by Gasteiger charge is -2.09. The van der Waals surface area contributed by atoms with Crippen LogP contribution >= 0.6 is 0 Å². The van der Waals surface area contributed by atoms with Gasteiger partial charge in [0.1, 0.15) is 5.75 Å². The molecule has 0 saturated heterocycles. The Morgan fingerprint density at radius 2 is 1.58 bits per heavy atom. The van der Waals surface area contributed by atoms with E-state index in [9.17, 15) is 4.79 Å². The molecule has 1 amide bonds. The molecule has 3 rings (SSSR count). The molecule has 0 aliphatic rings. The highest BCUT2D eigenvalue weighted by atomic mass is 16.5. The predicted octanol–water partition coefficient (Wildman–Crippen LogP) is 4.80. The molecule has 0 spiro atoms. The molecule has 0 unspecified atom stereocenters. The van der Waals surface area contributed by atoms with Gasteiger partial charge in [-0.05, 0) is 47.9 Å². The van der Waals surface area contributed by atoms with Gasteiger partial charge in [0.2, 0.25) is 5.91 Å². The van der Waals surface area contributed by atoms with Crippen molar-refractivity contribution in [1.29, 1.82) is 0 Å². The Labute approximate surface area is 154 Å². The van der Waals surface area contributed by atoms with Gasteiger partial charge in [0, 0.05) is 12.1 Å². The topological polar surface area (TPSA) is 38.3 Å². The van der Waals surface area contributed by atoms with Gasteiger partial charge in [-0.15, -0.1) is 0 Å². The highest BCUT2D eigenvalue weighted by Gasteiger charge is 2.06. The average Bonchev–Trinajstić information content (AvgIpc) is 2.66. The van der Waals surface area contributed by atoms with Gasteiger partial charge in [0.15, 0.2) is 0 Å². The quantitative estimate of drug-likeness (QED) is 0.668. The van der Waals surface area contributed by atoms with Gasteiger partial charge in [0.05, 0.1) is 13.0 Å². The van der Waals surface area contributed by atoms with Gasteiger partial charge >= 0.3 is 0 Å². The van der Waals surface area contributed by atoms with Crippen LogP contribution in [0.5, 0.6) is 5.75 Å². The molecule has 0 aliphatic heterocycles. The lowest BCUT2D eigenvalue weighted by molar-refractivity contribution is -0.115. The van der Waals surface area contributed by atoms with Crippen molar-refractivity contribution in [3.8, 4) is 5.75 Å². The molecule has 26 heavy (non-hydrogen) atoms. The molecule has 3 aromatic rings. The van der Waals surface area contributed by atoms with Crippen LogP contribution in [0.2, 0.25) is 0 Å². The number of rotatable bonds is 7. The van der Waals surface area contributed by atoms with E-state index in [1.165, 1.54) is 5.56 Å². The molecule has 0 bridgehead atoms. The van der Waals surface area contributed by atoms with E-state index in [2.05, 4.69) is 17.4 Å². The summed E-state index contributed by atoms with van der Waals surface area (Å²) in [6.45, 7) is 2.65. The van der Waals surface area contributed by atoms with Crippen LogP contribution in [0, 0.1) is 6.92 Å². The maximum atomic E-state index is 12.2. The van der Waals surface area contributed by atoms with Crippen LogP contribution in [0.15, 0.2) is 78.9 Å². The monoisotopic (exact) mass is 345 g/mol. The van der Waals surface area contributed by atoms with Gasteiger partial charge in [-0.1, -0.05) is 54.6 Å². The molecule has 0 heterocycles. The molecule has 3 nitrogen and oxygen atoms in total. The number of amides is 1. The number of carbonyl (C=O) groups is 1. The maximum absolute atomic E-state index is 12.2. The second-order valence-corrected chi connectivity index (χ2v) is 6.26. The summed E-state index contributed by atoms with van der Waals surface area (Å²) in [7, 11) is 0. The minimum absolute atomic E-state index is 0.0166. The fourth-order valence-corrected chi connectivity index (χ4v) is 2.75. The number of hydrogen-bond donors (Lipinski definition) is 1. The number of hydrogen-bond acceptors (Lipinski definition) is 2. The molecule has 0 radical (unpaired) electrons. The molecular formula is C23H23NO2. The summed E-state index contributed by atoms with van der Waals surface area (Å²) in [4.78, 5) is 12.2. The molecule has 0 saturated carbocycles. The molecule has 0 aliphatic carbocycles. The highest BCUT2D eigenvalue weighted by molar-refractivity contribution is 5.92. The summed E-state index contributed by atoms with van der Waals surface area (Å²) in [6.07, 6.45) is 1.25. The van der Waals surface area contributed by atoms with Crippen molar-refractivity contribution >= 4 is 11.6 Å². The predicted molar refractivity (Wildman–Crippen MR) is 106 cm³/mol. The summed E-state index contributed by atoms with van der Waals surface area (Å²) >= 11 is 0. The van der Waals surface area contributed by atoms with Crippen molar-refractivity contribution in [3.63, 3.8) is 0 Å². The molecule has 0 aromatic heterocycles. The summed E-state index contributed by atoms with van der Waals surface area (Å²) in [6, 6.07) is 25.7. The second-order valence-electron chi connectivity index (χ2n) is 6.26. The summed E-state index contributed by atoms with van der Waals surface area (Å²) < 4.78 is 5.77. The van der Waals surface area contributed by atoms with E-state index in [-0.39, 0.29) is 5.91 Å². The van der Waals surface area contributed by atoms with Crippen molar-refractivity contribution in [2.24, 2.45) is 0 Å². The van der Waals surface area contributed by atoms with Gasteiger partial charge in [-0.3, -0.25) is 4.79 Å². The van der Waals surface area contributed by atoms with E-state index in [0.29, 0.717) is 13.0 Å². The number of aryl methyl sites for hydroxylation is 1. The lowest BCUT2D eigenvalue weighted by atomic mass is 10.1. The molecule has 1 N–H and O–H groups in total. The Morgan fingerprint density at radius 1 is 0.885 bits per heavy atom. The molecule has 0 atom stereocenters. The smallest absolute Gasteiger partial charge is 0.228 e. The molecule has 3 heteroatoms. The lowest BCUT2D eigenvalue weighted by Crippen LogP contribution is -2.14. The van der Waals surface area contributed by atoms with Crippen LogP contribution in [0.25, 0.3) is 0 Å². The van der Waals surface area contributed by atoms with E-state index in [0.717, 1.165) is 29.0 Å². The molecule has 132 valence electrons. The zero-order valence-corrected chi connectivity index (χ0v) is 14.9. The van der Waals surface area contributed by atoms with Crippen LogP contribution in [0.3, 0.4) is 0 Å². The van der Waals surface area contributed by atoms with Gasteiger partial charge in [-0.2, -0.15) is 0 Å². The minimum Gasteiger partial charge on any atom is -0.493 e. The van der Waals surface area contributed by atoms with Crippen LogP contribution in [-0.4, -0.2) is 12.5 Å². The van der Waals surface area contributed by atoms with Crippen LogP contribution in [0.1, 0.15) is 16.7 Å². The SMILES string of the molecule is Cc1ccccc1CC(=O)Nc1ccc(OCCc2ccccc2)cc1. The van der Waals surface area contributed by atoms with Crippen molar-refractivity contribution in [2.75, 3.05) is 11.9 Å². The Bertz CT molecular complexity index is 842. The fraction of sp³-hybridized carbons (Fsp3) is 0.174. The molecule has 3 aromatic carbocycles. The minimum atomic E-state index is -0.0166. The maximum Gasteiger partial charge on any atom is 0.228 e. The first-order valence-corrected chi connectivity index (χ1v) is 8.82. The third-order valence-electron chi connectivity index (χ3n) is 4.25. The average molecular weight is 345 g/mol. The van der Waals surface area contributed by atoms with Crippen molar-refractivity contribution in [1.82, 2.24) is 0 Å². The van der Waals surface area contributed by atoms with Gasteiger partial charge in [-0.25, -0.2) is 0 Å². The van der Waals surface area contributed by atoms with Gasteiger partial charge < -0.3 is 10.1 Å². The largest absolute Gasteiger partial charge is 0.493 e. The summed E-state index contributed by atoms with van der Waals surface area (Å²) in [5.41, 5.74) is 4.21. The van der Waals surface area contributed by atoms with E-state index >= 15 is 0 Å². The van der Waals surface area contributed by atoms with Crippen LogP contribution < -0.4 is 10.1 Å².